The minimum Gasteiger partial charge on any atom is -0.456 e. The number of rotatable bonds is 2. The molecule has 0 unspecified atom stereocenters. The van der Waals surface area contributed by atoms with Crippen LogP contribution in [0.5, 0.6) is 0 Å². The van der Waals surface area contributed by atoms with E-state index in [-0.39, 0.29) is 0 Å². The fraction of sp³-hybridized carbons (Fsp3) is 0.182. The molecule has 112 valence electrons. The van der Waals surface area contributed by atoms with E-state index in [1.54, 1.807) is 0 Å². The van der Waals surface area contributed by atoms with Crippen molar-refractivity contribution >= 4 is 44.2 Å². The van der Waals surface area contributed by atoms with Gasteiger partial charge in [0.05, 0.1) is 0 Å². The maximum absolute atomic E-state index is 6.35. The number of furan rings is 1. The van der Waals surface area contributed by atoms with Crippen LogP contribution in [0.3, 0.4) is 0 Å². The molecule has 0 fully saturated rings. The normalized spacial score (nSPS) is 14.2. The summed E-state index contributed by atoms with van der Waals surface area (Å²) < 4.78 is 6.35. The third-order valence-corrected chi connectivity index (χ3v) is 4.99. The molecule has 4 aromatic rings. The van der Waals surface area contributed by atoms with Gasteiger partial charge in [-0.2, -0.15) is 0 Å². The molecule has 0 amide bonds. The Morgan fingerprint density at radius 2 is 1.70 bits per heavy atom. The van der Waals surface area contributed by atoms with Gasteiger partial charge in [-0.05, 0) is 45.9 Å². The van der Waals surface area contributed by atoms with Crippen LogP contribution >= 0.6 is 0 Å². The summed E-state index contributed by atoms with van der Waals surface area (Å²) in [6.07, 6.45) is 7.90. The topological polar surface area (TPSA) is 13.1 Å². The molecule has 1 aliphatic carbocycles. The van der Waals surface area contributed by atoms with Gasteiger partial charge in [-0.1, -0.05) is 61.9 Å². The maximum Gasteiger partial charge on any atom is 0.138 e. The Morgan fingerprint density at radius 1 is 0.870 bits per heavy atom. The van der Waals surface area contributed by atoms with Gasteiger partial charge in [0.15, 0.2) is 0 Å². The Balaban J connectivity index is 2.10. The van der Waals surface area contributed by atoms with E-state index in [9.17, 15) is 0 Å². The first-order valence-electron chi connectivity index (χ1n) is 8.43. The molecule has 1 aliphatic rings. The second kappa shape index (κ2) is 4.73. The average molecular weight is 298 g/mol. The van der Waals surface area contributed by atoms with Crippen molar-refractivity contribution in [3.8, 4) is 0 Å². The molecular weight excluding hydrogens is 280 g/mol. The molecule has 0 N–H and O–H groups in total. The lowest BCUT2D eigenvalue weighted by atomic mass is 9.95. The largest absolute Gasteiger partial charge is 0.456 e. The Kier molecular flexibility index (Phi) is 2.66. The van der Waals surface area contributed by atoms with E-state index in [0.29, 0.717) is 0 Å². The van der Waals surface area contributed by atoms with E-state index < -0.39 is 0 Å². The summed E-state index contributed by atoms with van der Waals surface area (Å²) in [5, 5.41) is 7.90. The highest BCUT2D eigenvalue weighted by molar-refractivity contribution is 6.22. The zero-order valence-electron chi connectivity index (χ0n) is 13.2. The van der Waals surface area contributed by atoms with E-state index in [0.717, 1.165) is 30.6 Å². The van der Waals surface area contributed by atoms with Gasteiger partial charge in [0.1, 0.15) is 11.3 Å². The Labute approximate surface area is 134 Å². The fourth-order valence-electron chi connectivity index (χ4n) is 4.05. The molecule has 0 aliphatic heterocycles. The predicted molar refractivity (Wildman–Crippen MR) is 98.4 cm³/mol. The molecule has 0 saturated heterocycles. The highest BCUT2D eigenvalue weighted by atomic mass is 16.3. The van der Waals surface area contributed by atoms with Crippen LogP contribution in [0.4, 0.5) is 0 Å². The molecule has 0 atom stereocenters. The average Bonchev–Trinajstić information content (AvgIpc) is 2.88. The first-order chi connectivity index (χ1) is 11.4. The number of fused-ring (bicyclic) bond motifs is 3. The number of hydrogen-bond donors (Lipinski definition) is 0. The zero-order valence-corrected chi connectivity index (χ0v) is 13.2. The molecule has 5 rings (SSSR count). The Hall–Kier alpha value is -2.54. The van der Waals surface area contributed by atoms with Crippen LogP contribution in [-0.4, -0.2) is 0 Å². The van der Waals surface area contributed by atoms with E-state index in [1.165, 1.54) is 37.7 Å². The number of allylic oxidation sites excluding steroid dienone is 2. The SMILES string of the molecule is CCCC1=CCC=c2c3ccccc3c3cccc4oc1c2c43. The first kappa shape index (κ1) is 13.0. The van der Waals surface area contributed by atoms with E-state index in [4.69, 9.17) is 4.42 Å². The summed E-state index contributed by atoms with van der Waals surface area (Å²) in [6.45, 7) is 2.23. The highest BCUT2D eigenvalue weighted by Gasteiger charge is 2.20. The minimum atomic E-state index is 0.979. The van der Waals surface area contributed by atoms with Crippen LogP contribution in [-0.2, 0) is 0 Å². The van der Waals surface area contributed by atoms with Crippen LogP contribution in [0.25, 0.3) is 44.2 Å². The number of benzene rings is 3. The lowest BCUT2D eigenvalue weighted by Crippen LogP contribution is -2.04. The molecule has 23 heavy (non-hydrogen) atoms. The van der Waals surface area contributed by atoms with Gasteiger partial charge in [0.25, 0.3) is 0 Å². The molecule has 1 nitrogen and oxygen atoms in total. The monoisotopic (exact) mass is 298 g/mol. The summed E-state index contributed by atoms with van der Waals surface area (Å²) in [5.41, 5.74) is 2.37. The van der Waals surface area contributed by atoms with Gasteiger partial charge >= 0.3 is 0 Å². The van der Waals surface area contributed by atoms with Gasteiger partial charge in [-0.15, -0.1) is 0 Å². The van der Waals surface area contributed by atoms with Crippen LogP contribution in [0.1, 0.15) is 31.9 Å². The van der Waals surface area contributed by atoms with E-state index in [2.05, 4.69) is 61.5 Å². The van der Waals surface area contributed by atoms with E-state index in [1.807, 2.05) is 0 Å². The molecule has 1 heterocycles. The van der Waals surface area contributed by atoms with Gasteiger partial charge < -0.3 is 4.42 Å². The molecule has 1 heteroatoms. The van der Waals surface area contributed by atoms with Crippen molar-refractivity contribution in [2.75, 3.05) is 0 Å². The molecule has 1 aromatic heterocycles. The third kappa shape index (κ3) is 1.68. The van der Waals surface area contributed by atoms with Gasteiger partial charge in [0, 0.05) is 10.8 Å². The second-order valence-electron chi connectivity index (χ2n) is 6.36. The van der Waals surface area contributed by atoms with Crippen molar-refractivity contribution in [2.24, 2.45) is 0 Å². The summed E-state index contributed by atoms with van der Waals surface area (Å²) in [7, 11) is 0. The standard InChI is InChI=1S/C22H18O/c1-2-7-14-8-5-11-18-16-10-4-3-9-15(16)17-12-6-13-19-20(17)21(18)22(14)23-19/h3-4,6,8-13H,2,5,7H2,1H3. The van der Waals surface area contributed by atoms with Gasteiger partial charge in [-0.25, -0.2) is 0 Å². The lowest BCUT2D eigenvalue weighted by molar-refractivity contribution is 0.599. The molecule has 0 saturated carbocycles. The smallest absolute Gasteiger partial charge is 0.138 e. The molecule has 0 radical (unpaired) electrons. The van der Waals surface area contributed by atoms with Gasteiger partial charge in [-0.3, -0.25) is 0 Å². The summed E-state index contributed by atoms with van der Waals surface area (Å²) in [6, 6.07) is 15.2. The van der Waals surface area contributed by atoms with Crippen molar-refractivity contribution in [1.82, 2.24) is 0 Å². The molecular formula is C22H18O. The van der Waals surface area contributed by atoms with Gasteiger partial charge in [0.2, 0.25) is 0 Å². The summed E-state index contributed by atoms with van der Waals surface area (Å²) in [4.78, 5) is 0. The maximum atomic E-state index is 6.35. The van der Waals surface area contributed by atoms with Crippen LogP contribution < -0.4 is 5.22 Å². The van der Waals surface area contributed by atoms with Crippen molar-refractivity contribution in [3.05, 3.63) is 59.5 Å². The van der Waals surface area contributed by atoms with Crippen LogP contribution in [0.15, 0.2) is 53.0 Å². The van der Waals surface area contributed by atoms with Crippen molar-refractivity contribution < 1.29 is 4.42 Å². The summed E-state index contributed by atoms with van der Waals surface area (Å²) in [5.74, 6) is 1.09. The van der Waals surface area contributed by atoms with Crippen molar-refractivity contribution in [1.29, 1.82) is 0 Å². The molecule has 0 spiro atoms. The number of hydrogen-bond acceptors (Lipinski definition) is 1. The second-order valence-corrected chi connectivity index (χ2v) is 6.36. The van der Waals surface area contributed by atoms with Crippen LogP contribution in [0.2, 0.25) is 0 Å². The van der Waals surface area contributed by atoms with Crippen LogP contribution in [0, 0.1) is 0 Å². The van der Waals surface area contributed by atoms with Crippen molar-refractivity contribution in [3.63, 3.8) is 0 Å². The third-order valence-electron chi connectivity index (χ3n) is 4.99. The fourth-order valence-corrected chi connectivity index (χ4v) is 4.05. The highest BCUT2D eigenvalue weighted by Crippen LogP contribution is 2.39. The first-order valence-corrected chi connectivity index (χ1v) is 8.43. The molecule has 3 aromatic carbocycles. The van der Waals surface area contributed by atoms with E-state index >= 15 is 0 Å². The Morgan fingerprint density at radius 3 is 2.57 bits per heavy atom. The zero-order chi connectivity index (χ0) is 15.4. The molecule has 0 bridgehead atoms. The summed E-state index contributed by atoms with van der Waals surface area (Å²) >= 11 is 0. The predicted octanol–water partition coefficient (Wildman–Crippen LogP) is 5.83. The van der Waals surface area contributed by atoms with Crippen molar-refractivity contribution in [2.45, 2.75) is 26.2 Å². The Bertz CT molecular complexity index is 1140. The minimum absolute atomic E-state index is 0.979. The lowest BCUT2D eigenvalue weighted by Gasteiger charge is -2.06. The quantitative estimate of drug-likeness (QED) is 0.425.